The molecule has 2 rings (SSSR count). The molecular weight excluding hydrogens is 402 g/mol. The predicted molar refractivity (Wildman–Crippen MR) is 108 cm³/mol. The van der Waals surface area contributed by atoms with Crippen molar-refractivity contribution in [3.05, 3.63) is 38.8 Å². The van der Waals surface area contributed by atoms with Gasteiger partial charge in [-0.25, -0.2) is 13.8 Å². The molecule has 1 aromatic heterocycles. The number of aromatic nitrogens is 2. The molecule has 0 radical (unpaired) electrons. The smallest absolute Gasteiger partial charge is 0.273 e. The number of ether oxygens (including phenoxy) is 1. The molecule has 0 unspecified atom stereocenters. The molecule has 0 aliphatic rings. The number of rotatable bonds is 10. The van der Waals surface area contributed by atoms with Crippen LogP contribution < -0.4 is 4.74 Å². The normalized spacial score (nSPS) is 12.2. The summed E-state index contributed by atoms with van der Waals surface area (Å²) in [5.74, 6) is 0.539. The summed E-state index contributed by atoms with van der Waals surface area (Å²) in [6.45, 7) is 4.01. The zero-order valence-corrected chi connectivity index (χ0v) is 17.4. The van der Waals surface area contributed by atoms with Gasteiger partial charge in [0.1, 0.15) is 22.9 Å². The molecule has 0 bridgehead atoms. The minimum atomic E-state index is -2.71. The number of hydrogen-bond acceptors (Lipinski definition) is 7. The van der Waals surface area contributed by atoms with Gasteiger partial charge in [0.2, 0.25) is 0 Å². The highest BCUT2D eigenvalue weighted by Gasteiger charge is 2.14. The molecule has 1 N–H and O–H groups in total. The summed E-state index contributed by atoms with van der Waals surface area (Å²) in [6, 6.07) is 3.30. The van der Waals surface area contributed by atoms with Crippen molar-refractivity contribution in [2.45, 2.75) is 46.1 Å². The number of alkyl halides is 2. The first-order valence-corrected chi connectivity index (χ1v) is 9.92. The van der Waals surface area contributed by atoms with Crippen molar-refractivity contribution in [1.82, 2.24) is 10.2 Å². The first-order valence-electron chi connectivity index (χ1n) is 9.10. The number of aliphatic hydroxyl groups excluding tert-OH is 1. The molecule has 0 aliphatic heterocycles. The standard InChI is InChI=1S/C19H24F2N4O3S/c1-4-16-23-24-17(29-16)6-5-7-28-18-12(2)8-13(9-14(18)11-26)19(25-27-3)22-10-15(20)21/h8-10,15,26H,4-7,11H2,1-3H3/b22-10?,25-19-. The third-order valence-electron chi connectivity index (χ3n) is 3.86. The first-order chi connectivity index (χ1) is 14.0. The van der Waals surface area contributed by atoms with Crippen molar-refractivity contribution in [3.63, 3.8) is 0 Å². The molecule has 0 aliphatic carbocycles. The van der Waals surface area contributed by atoms with E-state index < -0.39 is 6.43 Å². The summed E-state index contributed by atoms with van der Waals surface area (Å²) >= 11 is 1.60. The lowest BCUT2D eigenvalue weighted by molar-refractivity contribution is 0.213. The third kappa shape index (κ3) is 6.82. The van der Waals surface area contributed by atoms with Crippen LogP contribution in [0.15, 0.2) is 22.3 Å². The molecule has 1 heterocycles. The Labute approximate surface area is 172 Å². The lowest BCUT2D eigenvalue weighted by Crippen LogP contribution is -2.07. The number of hydrogen-bond donors (Lipinski definition) is 1. The maximum atomic E-state index is 12.4. The minimum absolute atomic E-state index is 0.0138. The van der Waals surface area contributed by atoms with Gasteiger partial charge >= 0.3 is 0 Å². The fourth-order valence-electron chi connectivity index (χ4n) is 2.59. The van der Waals surface area contributed by atoms with Gasteiger partial charge in [-0.05, 0) is 37.5 Å². The molecule has 2 aromatic rings. The second-order valence-electron chi connectivity index (χ2n) is 6.04. The summed E-state index contributed by atoms with van der Waals surface area (Å²) in [5, 5.41) is 23.6. The molecular formula is C19H24F2N4O3S. The summed E-state index contributed by atoms with van der Waals surface area (Å²) in [4.78, 5) is 8.35. The Morgan fingerprint density at radius 1 is 1.31 bits per heavy atom. The number of aryl methyl sites for hydroxylation is 3. The van der Waals surface area contributed by atoms with Gasteiger partial charge in [-0.1, -0.05) is 12.1 Å². The molecule has 158 valence electrons. The maximum absolute atomic E-state index is 12.4. The zero-order chi connectivity index (χ0) is 21.2. The largest absolute Gasteiger partial charge is 0.493 e. The highest BCUT2D eigenvalue weighted by molar-refractivity contribution is 7.11. The maximum Gasteiger partial charge on any atom is 0.273 e. The Bertz CT molecular complexity index is 856. The quantitative estimate of drug-likeness (QED) is 0.272. The van der Waals surface area contributed by atoms with Crippen molar-refractivity contribution in [1.29, 1.82) is 0 Å². The van der Waals surface area contributed by atoms with E-state index in [2.05, 4.69) is 20.3 Å². The number of oxime groups is 1. The van der Waals surface area contributed by atoms with Gasteiger partial charge in [-0.15, -0.1) is 21.5 Å². The van der Waals surface area contributed by atoms with E-state index in [0.29, 0.717) is 29.7 Å². The highest BCUT2D eigenvalue weighted by Crippen LogP contribution is 2.27. The van der Waals surface area contributed by atoms with E-state index in [1.807, 2.05) is 6.92 Å². The molecule has 29 heavy (non-hydrogen) atoms. The van der Waals surface area contributed by atoms with Gasteiger partial charge in [-0.2, -0.15) is 0 Å². The van der Waals surface area contributed by atoms with Crippen molar-refractivity contribution in [3.8, 4) is 5.75 Å². The van der Waals surface area contributed by atoms with Crippen LogP contribution in [0.4, 0.5) is 8.78 Å². The van der Waals surface area contributed by atoms with E-state index in [1.165, 1.54) is 7.11 Å². The molecule has 0 amide bonds. The highest BCUT2D eigenvalue weighted by atomic mass is 32.1. The molecule has 0 atom stereocenters. The number of aliphatic imine (C=N–C) groups is 1. The minimum Gasteiger partial charge on any atom is -0.493 e. The van der Waals surface area contributed by atoms with Crippen LogP contribution in [0, 0.1) is 6.92 Å². The average molecular weight is 426 g/mol. The molecule has 10 heteroatoms. The van der Waals surface area contributed by atoms with Crippen LogP contribution >= 0.6 is 11.3 Å². The van der Waals surface area contributed by atoms with E-state index in [1.54, 1.807) is 30.4 Å². The second kappa shape index (κ2) is 11.5. The van der Waals surface area contributed by atoms with E-state index in [4.69, 9.17) is 9.57 Å². The zero-order valence-electron chi connectivity index (χ0n) is 16.6. The second-order valence-corrected chi connectivity index (χ2v) is 7.19. The van der Waals surface area contributed by atoms with Crippen LogP contribution in [0.2, 0.25) is 0 Å². The van der Waals surface area contributed by atoms with Crippen LogP contribution in [-0.2, 0) is 24.3 Å². The van der Waals surface area contributed by atoms with E-state index >= 15 is 0 Å². The van der Waals surface area contributed by atoms with Crippen molar-refractivity contribution >= 4 is 23.4 Å². The lowest BCUT2D eigenvalue weighted by Gasteiger charge is -2.15. The number of amidine groups is 1. The summed E-state index contributed by atoms with van der Waals surface area (Å²) < 4.78 is 30.8. The fourth-order valence-corrected chi connectivity index (χ4v) is 3.42. The van der Waals surface area contributed by atoms with Gasteiger partial charge < -0.3 is 14.7 Å². The molecule has 0 fully saturated rings. The van der Waals surface area contributed by atoms with Crippen molar-refractivity contribution in [2.75, 3.05) is 13.7 Å². The lowest BCUT2D eigenvalue weighted by atomic mass is 10.0. The fraction of sp³-hybridized carbons (Fsp3) is 0.474. The molecule has 7 nitrogen and oxygen atoms in total. The number of halogens is 2. The first kappa shape index (κ1) is 22.8. The SMILES string of the molecule is CCc1nnc(CCCOc2c(C)cc(/C(N=CC(F)F)=N/OC)cc2CO)s1. The number of benzene rings is 1. The summed E-state index contributed by atoms with van der Waals surface area (Å²) in [5.41, 5.74) is 1.69. The predicted octanol–water partition coefficient (Wildman–Crippen LogP) is 3.56. The van der Waals surface area contributed by atoms with Crippen molar-refractivity contribution < 1.29 is 23.5 Å². The van der Waals surface area contributed by atoms with Crippen LogP contribution in [0.25, 0.3) is 0 Å². The van der Waals surface area contributed by atoms with Gasteiger partial charge in [0.05, 0.1) is 19.4 Å². The van der Waals surface area contributed by atoms with E-state index in [-0.39, 0.29) is 12.4 Å². The van der Waals surface area contributed by atoms with Gasteiger partial charge in [0.15, 0.2) is 5.84 Å². The Kier molecular flexibility index (Phi) is 9.07. The van der Waals surface area contributed by atoms with E-state index in [0.717, 1.165) is 34.8 Å². The van der Waals surface area contributed by atoms with Gasteiger partial charge in [0, 0.05) is 17.5 Å². The van der Waals surface area contributed by atoms with Crippen molar-refractivity contribution in [2.24, 2.45) is 10.1 Å². The van der Waals surface area contributed by atoms with E-state index in [9.17, 15) is 13.9 Å². The third-order valence-corrected chi connectivity index (χ3v) is 4.99. The molecule has 0 saturated heterocycles. The molecule has 0 spiro atoms. The number of nitrogens with zero attached hydrogens (tertiary/aromatic N) is 4. The topological polar surface area (TPSA) is 89.2 Å². The Morgan fingerprint density at radius 2 is 2.07 bits per heavy atom. The van der Waals surface area contributed by atoms with Gasteiger partial charge in [0.25, 0.3) is 6.43 Å². The average Bonchev–Trinajstić information content (AvgIpc) is 3.16. The summed E-state index contributed by atoms with van der Waals surface area (Å²) in [7, 11) is 1.30. The van der Waals surface area contributed by atoms with Crippen LogP contribution in [0.3, 0.4) is 0 Å². The van der Waals surface area contributed by atoms with Gasteiger partial charge in [-0.3, -0.25) is 0 Å². The van der Waals surface area contributed by atoms with Crippen LogP contribution in [-0.4, -0.2) is 47.5 Å². The Hall–Kier alpha value is -2.46. The Balaban J connectivity index is 2.09. The monoisotopic (exact) mass is 426 g/mol. The Morgan fingerprint density at radius 3 is 2.69 bits per heavy atom. The summed E-state index contributed by atoms with van der Waals surface area (Å²) in [6.07, 6.45) is 0.151. The van der Waals surface area contributed by atoms with Crippen LogP contribution in [0.1, 0.15) is 40.1 Å². The van der Waals surface area contributed by atoms with Crippen LogP contribution in [0.5, 0.6) is 5.75 Å². The number of aliphatic hydroxyl groups is 1. The molecule has 1 aromatic carbocycles. The molecule has 0 saturated carbocycles.